The van der Waals surface area contributed by atoms with Crippen LogP contribution in [0.5, 0.6) is 11.5 Å². The van der Waals surface area contributed by atoms with Gasteiger partial charge in [-0.2, -0.15) is 0 Å². The van der Waals surface area contributed by atoms with Crippen LogP contribution in [0.4, 0.5) is 0 Å². The Hall–Kier alpha value is -1.23. The van der Waals surface area contributed by atoms with E-state index >= 15 is 0 Å². The predicted molar refractivity (Wildman–Crippen MR) is 81.4 cm³/mol. The summed E-state index contributed by atoms with van der Waals surface area (Å²) in [6.45, 7) is 2.23. The highest BCUT2D eigenvalue weighted by molar-refractivity contribution is 9.09. The molecule has 20 heavy (non-hydrogen) atoms. The summed E-state index contributed by atoms with van der Waals surface area (Å²) in [4.78, 5) is 12.3. The van der Waals surface area contributed by atoms with Crippen molar-refractivity contribution in [3.63, 3.8) is 0 Å². The number of phenols is 2. The van der Waals surface area contributed by atoms with E-state index in [2.05, 4.69) is 28.2 Å². The van der Waals surface area contributed by atoms with Crippen molar-refractivity contribution in [2.75, 3.05) is 5.33 Å². The first-order chi connectivity index (χ1) is 9.46. The molecule has 0 bridgehead atoms. The van der Waals surface area contributed by atoms with Gasteiger partial charge in [0.2, 0.25) is 0 Å². The molecule has 0 saturated heterocycles. The van der Waals surface area contributed by atoms with E-state index in [4.69, 9.17) is 0 Å². The zero-order valence-electron chi connectivity index (χ0n) is 11.5. The molecular formula is C15H20BrNO3. The Bertz CT molecular complexity index is 496. The fourth-order valence-corrected chi connectivity index (χ4v) is 3.29. The van der Waals surface area contributed by atoms with Gasteiger partial charge in [-0.25, -0.2) is 0 Å². The van der Waals surface area contributed by atoms with Gasteiger partial charge >= 0.3 is 0 Å². The van der Waals surface area contributed by atoms with Crippen LogP contribution in [-0.2, 0) is 0 Å². The second-order valence-corrected chi connectivity index (χ2v) is 6.31. The number of alkyl halides is 1. The monoisotopic (exact) mass is 341 g/mol. The molecule has 0 heterocycles. The fraction of sp³-hybridized carbons (Fsp3) is 0.533. The standard InChI is InChI=1S/C15H20BrNO3/c1-10-4-6-15(9-16,7-5-10)17-14(20)11-2-3-12(18)13(19)8-11/h2-3,8,10,18-19H,4-7,9H2,1H3,(H,17,20). The maximum absolute atomic E-state index is 12.3. The number of carbonyl (C=O) groups is 1. The maximum atomic E-state index is 12.3. The van der Waals surface area contributed by atoms with Crippen LogP contribution in [-0.4, -0.2) is 27.0 Å². The normalized spacial score (nSPS) is 26.2. The van der Waals surface area contributed by atoms with Crippen LogP contribution >= 0.6 is 15.9 Å². The Morgan fingerprint density at radius 1 is 1.35 bits per heavy atom. The van der Waals surface area contributed by atoms with Gasteiger partial charge in [-0.05, 0) is 49.8 Å². The van der Waals surface area contributed by atoms with E-state index in [0.29, 0.717) is 11.5 Å². The van der Waals surface area contributed by atoms with Gasteiger partial charge in [0, 0.05) is 10.9 Å². The maximum Gasteiger partial charge on any atom is 0.251 e. The minimum absolute atomic E-state index is 0.211. The number of nitrogens with one attached hydrogen (secondary N) is 1. The lowest BCUT2D eigenvalue weighted by Gasteiger charge is -2.39. The number of amides is 1. The minimum Gasteiger partial charge on any atom is -0.504 e. The SMILES string of the molecule is CC1CCC(CBr)(NC(=O)c2ccc(O)c(O)c2)CC1. The number of halogens is 1. The average molecular weight is 342 g/mol. The summed E-state index contributed by atoms with van der Waals surface area (Å²) in [5.74, 6) is -0.00264. The van der Waals surface area contributed by atoms with Gasteiger partial charge in [-0.3, -0.25) is 4.79 Å². The molecule has 0 atom stereocenters. The lowest BCUT2D eigenvalue weighted by atomic mass is 9.78. The second-order valence-electron chi connectivity index (χ2n) is 5.75. The number of hydrogen-bond acceptors (Lipinski definition) is 3. The van der Waals surface area contributed by atoms with Crippen LogP contribution in [0.25, 0.3) is 0 Å². The van der Waals surface area contributed by atoms with Crippen LogP contribution in [0.15, 0.2) is 18.2 Å². The molecule has 0 spiro atoms. The molecule has 5 heteroatoms. The molecule has 0 radical (unpaired) electrons. The van der Waals surface area contributed by atoms with E-state index in [-0.39, 0.29) is 22.9 Å². The molecule has 1 amide bonds. The molecule has 0 aromatic heterocycles. The number of carbonyl (C=O) groups excluding carboxylic acids is 1. The Labute approximate surface area is 127 Å². The van der Waals surface area contributed by atoms with E-state index in [1.54, 1.807) is 0 Å². The van der Waals surface area contributed by atoms with Crippen molar-refractivity contribution in [1.29, 1.82) is 0 Å². The van der Waals surface area contributed by atoms with Crippen LogP contribution in [0.2, 0.25) is 0 Å². The van der Waals surface area contributed by atoms with Crippen LogP contribution in [0.1, 0.15) is 43.0 Å². The third-order valence-corrected chi connectivity index (χ3v) is 5.18. The summed E-state index contributed by atoms with van der Waals surface area (Å²) < 4.78 is 0. The smallest absolute Gasteiger partial charge is 0.251 e. The van der Waals surface area contributed by atoms with E-state index in [1.165, 1.54) is 18.2 Å². The molecule has 110 valence electrons. The van der Waals surface area contributed by atoms with Crippen molar-refractivity contribution in [3.05, 3.63) is 23.8 Å². The number of rotatable bonds is 3. The van der Waals surface area contributed by atoms with Gasteiger partial charge in [-0.15, -0.1) is 0 Å². The molecule has 0 unspecified atom stereocenters. The third kappa shape index (κ3) is 3.26. The fourth-order valence-electron chi connectivity index (χ4n) is 2.58. The number of aromatic hydroxyl groups is 2. The molecule has 4 nitrogen and oxygen atoms in total. The third-order valence-electron chi connectivity index (χ3n) is 4.10. The Morgan fingerprint density at radius 3 is 2.55 bits per heavy atom. The lowest BCUT2D eigenvalue weighted by molar-refractivity contribution is 0.0874. The first-order valence-corrected chi connectivity index (χ1v) is 7.98. The molecule has 1 aliphatic carbocycles. The van der Waals surface area contributed by atoms with Crippen molar-refractivity contribution >= 4 is 21.8 Å². The van der Waals surface area contributed by atoms with Crippen LogP contribution < -0.4 is 5.32 Å². The van der Waals surface area contributed by atoms with Crippen molar-refractivity contribution < 1.29 is 15.0 Å². The first kappa shape index (κ1) is 15.2. The predicted octanol–water partition coefficient (Wildman–Crippen LogP) is 3.17. The van der Waals surface area contributed by atoms with E-state index < -0.39 is 0 Å². The molecular weight excluding hydrogens is 322 g/mol. The summed E-state index contributed by atoms with van der Waals surface area (Å²) in [6.07, 6.45) is 4.11. The van der Waals surface area contributed by atoms with Crippen LogP contribution in [0, 0.1) is 5.92 Å². The van der Waals surface area contributed by atoms with Gasteiger partial charge in [-0.1, -0.05) is 22.9 Å². The topological polar surface area (TPSA) is 69.6 Å². The zero-order valence-corrected chi connectivity index (χ0v) is 13.1. The summed E-state index contributed by atoms with van der Waals surface area (Å²) in [6, 6.07) is 4.13. The number of phenolic OH excluding ortho intramolecular Hbond substituents is 2. The molecule has 1 aromatic carbocycles. The highest BCUT2D eigenvalue weighted by Crippen LogP contribution is 2.33. The summed E-state index contributed by atoms with van der Waals surface area (Å²) in [7, 11) is 0. The molecule has 1 fully saturated rings. The summed E-state index contributed by atoms with van der Waals surface area (Å²) >= 11 is 3.51. The van der Waals surface area contributed by atoms with E-state index in [0.717, 1.165) is 31.0 Å². The van der Waals surface area contributed by atoms with Gasteiger partial charge in [0.15, 0.2) is 11.5 Å². The minimum atomic E-state index is -0.275. The molecule has 1 aromatic rings. The Morgan fingerprint density at radius 2 is 2.00 bits per heavy atom. The van der Waals surface area contributed by atoms with Gasteiger partial charge < -0.3 is 15.5 Å². The van der Waals surface area contributed by atoms with Gasteiger partial charge in [0.05, 0.1) is 5.54 Å². The number of hydrogen-bond donors (Lipinski definition) is 3. The van der Waals surface area contributed by atoms with Crippen molar-refractivity contribution in [1.82, 2.24) is 5.32 Å². The molecule has 1 aliphatic rings. The van der Waals surface area contributed by atoms with Crippen LogP contribution in [0.3, 0.4) is 0 Å². The highest BCUT2D eigenvalue weighted by atomic mass is 79.9. The molecule has 3 N–H and O–H groups in total. The molecule has 1 saturated carbocycles. The largest absolute Gasteiger partial charge is 0.504 e. The van der Waals surface area contributed by atoms with E-state index in [9.17, 15) is 15.0 Å². The summed E-state index contributed by atoms with van der Waals surface area (Å²) in [5, 5.41) is 22.6. The van der Waals surface area contributed by atoms with Gasteiger partial charge in [0.25, 0.3) is 5.91 Å². The van der Waals surface area contributed by atoms with Crippen molar-refractivity contribution in [3.8, 4) is 11.5 Å². The second kappa shape index (κ2) is 6.04. The summed E-state index contributed by atoms with van der Waals surface area (Å²) in [5.41, 5.74) is 0.149. The molecule has 0 aliphatic heterocycles. The van der Waals surface area contributed by atoms with Gasteiger partial charge in [0.1, 0.15) is 0 Å². The highest BCUT2D eigenvalue weighted by Gasteiger charge is 2.34. The van der Waals surface area contributed by atoms with E-state index in [1.807, 2.05) is 0 Å². The zero-order chi connectivity index (χ0) is 14.8. The quantitative estimate of drug-likeness (QED) is 0.584. The average Bonchev–Trinajstić information content (AvgIpc) is 2.44. The molecule has 2 rings (SSSR count). The van der Waals surface area contributed by atoms with Crippen molar-refractivity contribution in [2.24, 2.45) is 5.92 Å². The first-order valence-electron chi connectivity index (χ1n) is 6.86. The Kier molecular flexibility index (Phi) is 4.58. The van der Waals surface area contributed by atoms with Crippen molar-refractivity contribution in [2.45, 2.75) is 38.1 Å². The lowest BCUT2D eigenvalue weighted by Crippen LogP contribution is -2.52. The Balaban J connectivity index is 2.11. The number of benzene rings is 1.